The molecule has 0 unspecified atom stereocenters. The maximum atomic E-state index is 4.68. The molecule has 0 aliphatic carbocycles. The molecule has 1 aliphatic rings. The first-order chi connectivity index (χ1) is 12.8. The van der Waals surface area contributed by atoms with Crippen molar-refractivity contribution in [2.45, 2.75) is 25.8 Å². The van der Waals surface area contributed by atoms with Gasteiger partial charge in [-0.25, -0.2) is 19.9 Å². The van der Waals surface area contributed by atoms with Crippen LogP contribution in [0, 0.1) is 6.92 Å². The highest BCUT2D eigenvalue weighted by Gasteiger charge is 2.22. The molecule has 1 aliphatic heterocycles. The van der Waals surface area contributed by atoms with Gasteiger partial charge < -0.3 is 10.2 Å². The number of hydrogen-bond acceptors (Lipinski definition) is 7. The van der Waals surface area contributed by atoms with Crippen molar-refractivity contribution >= 4 is 11.8 Å². The van der Waals surface area contributed by atoms with Crippen LogP contribution >= 0.6 is 0 Å². The van der Waals surface area contributed by atoms with Crippen LogP contribution in [0.15, 0.2) is 49.1 Å². The maximum Gasteiger partial charge on any atom is 0.225 e. The smallest absolute Gasteiger partial charge is 0.225 e. The van der Waals surface area contributed by atoms with E-state index >= 15 is 0 Å². The lowest BCUT2D eigenvalue weighted by molar-refractivity contribution is 0.521. The number of anilines is 2. The van der Waals surface area contributed by atoms with Crippen molar-refractivity contribution in [2.75, 3.05) is 23.3 Å². The van der Waals surface area contributed by atoms with Crippen molar-refractivity contribution in [1.29, 1.82) is 0 Å². The van der Waals surface area contributed by atoms with Gasteiger partial charge in [-0.05, 0) is 38.0 Å². The van der Waals surface area contributed by atoms with Gasteiger partial charge in [0, 0.05) is 61.2 Å². The van der Waals surface area contributed by atoms with Crippen molar-refractivity contribution in [2.24, 2.45) is 0 Å². The molecule has 1 fully saturated rings. The van der Waals surface area contributed by atoms with Gasteiger partial charge in [-0.3, -0.25) is 4.98 Å². The molecule has 1 atom stereocenters. The number of aromatic nitrogens is 5. The second-order valence-corrected chi connectivity index (χ2v) is 6.44. The summed E-state index contributed by atoms with van der Waals surface area (Å²) in [6.07, 6.45) is 9.29. The van der Waals surface area contributed by atoms with Crippen LogP contribution in [0.2, 0.25) is 0 Å². The quantitative estimate of drug-likeness (QED) is 0.777. The predicted molar refractivity (Wildman–Crippen MR) is 101 cm³/mol. The third-order valence-corrected chi connectivity index (χ3v) is 4.38. The monoisotopic (exact) mass is 347 g/mol. The summed E-state index contributed by atoms with van der Waals surface area (Å²) in [4.78, 5) is 24.3. The lowest BCUT2D eigenvalue weighted by Gasteiger charge is -2.33. The number of aryl methyl sites for hydroxylation is 1. The van der Waals surface area contributed by atoms with Gasteiger partial charge in [0.15, 0.2) is 5.82 Å². The number of nitrogens with zero attached hydrogens (tertiary/aromatic N) is 6. The molecule has 0 radical (unpaired) electrons. The van der Waals surface area contributed by atoms with E-state index in [0.717, 1.165) is 49.0 Å². The van der Waals surface area contributed by atoms with E-state index in [-0.39, 0.29) is 0 Å². The molecule has 0 bridgehead atoms. The third-order valence-electron chi connectivity index (χ3n) is 4.38. The summed E-state index contributed by atoms with van der Waals surface area (Å²) in [5, 5.41) is 3.56. The first-order valence-electron chi connectivity index (χ1n) is 8.82. The van der Waals surface area contributed by atoms with Crippen LogP contribution in [0.5, 0.6) is 0 Å². The molecular formula is C19H21N7. The Hall–Kier alpha value is -3.09. The van der Waals surface area contributed by atoms with Gasteiger partial charge in [0.2, 0.25) is 5.95 Å². The Labute approximate surface area is 152 Å². The Morgan fingerprint density at radius 3 is 2.81 bits per heavy atom. The highest BCUT2D eigenvalue weighted by Crippen LogP contribution is 2.21. The minimum atomic E-state index is 0.295. The topological polar surface area (TPSA) is 79.7 Å². The maximum absolute atomic E-state index is 4.68. The predicted octanol–water partition coefficient (Wildman–Crippen LogP) is 2.72. The Kier molecular flexibility index (Phi) is 4.68. The van der Waals surface area contributed by atoms with E-state index in [2.05, 4.69) is 35.1 Å². The summed E-state index contributed by atoms with van der Waals surface area (Å²) in [7, 11) is 0. The van der Waals surface area contributed by atoms with Crippen molar-refractivity contribution in [3.63, 3.8) is 0 Å². The number of nitrogens with one attached hydrogen (secondary N) is 1. The molecule has 7 heteroatoms. The van der Waals surface area contributed by atoms with Crippen molar-refractivity contribution in [1.82, 2.24) is 24.9 Å². The van der Waals surface area contributed by atoms with Gasteiger partial charge in [-0.15, -0.1) is 0 Å². The summed E-state index contributed by atoms with van der Waals surface area (Å²) < 4.78 is 0. The summed E-state index contributed by atoms with van der Waals surface area (Å²) >= 11 is 0. The Bertz CT molecular complexity index is 854. The average molecular weight is 347 g/mol. The normalized spacial score (nSPS) is 17.1. The second-order valence-electron chi connectivity index (χ2n) is 6.44. The molecule has 0 spiro atoms. The zero-order valence-corrected chi connectivity index (χ0v) is 14.7. The number of piperidine rings is 1. The van der Waals surface area contributed by atoms with Gasteiger partial charge in [-0.1, -0.05) is 0 Å². The molecule has 0 amide bonds. The van der Waals surface area contributed by atoms with Crippen LogP contribution in [-0.4, -0.2) is 44.1 Å². The van der Waals surface area contributed by atoms with E-state index in [0.29, 0.717) is 11.9 Å². The van der Waals surface area contributed by atoms with E-state index < -0.39 is 0 Å². The molecule has 3 aromatic heterocycles. The standard InChI is InChI=1S/C19H21N7/c1-14-11-17(25-18(23-14)15-5-2-7-20-12-15)24-16-6-3-10-26(13-16)19-21-8-4-9-22-19/h2,4-5,7-9,11-12,16H,3,6,10,13H2,1H3,(H,23,24,25)/t16-/m0/s1. The van der Waals surface area contributed by atoms with Crippen LogP contribution in [0.1, 0.15) is 18.5 Å². The second kappa shape index (κ2) is 7.43. The van der Waals surface area contributed by atoms with Gasteiger partial charge in [-0.2, -0.15) is 0 Å². The molecule has 4 rings (SSSR count). The van der Waals surface area contributed by atoms with E-state index in [1.807, 2.05) is 31.2 Å². The number of hydrogen-bond donors (Lipinski definition) is 1. The highest BCUT2D eigenvalue weighted by molar-refractivity contribution is 5.56. The Balaban J connectivity index is 1.51. The molecule has 1 N–H and O–H groups in total. The van der Waals surface area contributed by atoms with Gasteiger partial charge in [0.1, 0.15) is 5.82 Å². The molecule has 7 nitrogen and oxygen atoms in total. The molecule has 3 aromatic rings. The molecule has 132 valence electrons. The first-order valence-corrected chi connectivity index (χ1v) is 8.82. The highest BCUT2D eigenvalue weighted by atomic mass is 15.3. The lowest BCUT2D eigenvalue weighted by atomic mass is 10.1. The minimum absolute atomic E-state index is 0.295. The SMILES string of the molecule is Cc1cc(N[C@H]2CCCN(c3ncccn3)C2)nc(-c2cccnc2)n1. The van der Waals surface area contributed by atoms with Crippen LogP contribution in [0.3, 0.4) is 0 Å². The fourth-order valence-corrected chi connectivity index (χ4v) is 3.21. The number of pyridine rings is 1. The molecule has 0 saturated carbocycles. The van der Waals surface area contributed by atoms with Gasteiger partial charge in [0.25, 0.3) is 0 Å². The summed E-state index contributed by atoms with van der Waals surface area (Å²) in [5.74, 6) is 2.32. The van der Waals surface area contributed by atoms with Crippen molar-refractivity contribution < 1.29 is 0 Å². The van der Waals surface area contributed by atoms with Gasteiger partial charge >= 0.3 is 0 Å². The molecule has 26 heavy (non-hydrogen) atoms. The largest absolute Gasteiger partial charge is 0.365 e. The number of rotatable bonds is 4. The Morgan fingerprint density at radius 2 is 2.00 bits per heavy atom. The lowest BCUT2D eigenvalue weighted by Crippen LogP contribution is -2.43. The summed E-state index contributed by atoms with van der Waals surface area (Å²) in [6, 6.07) is 7.99. The summed E-state index contributed by atoms with van der Waals surface area (Å²) in [6.45, 7) is 3.82. The average Bonchev–Trinajstić information content (AvgIpc) is 2.69. The van der Waals surface area contributed by atoms with Crippen LogP contribution in [0.4, 0.5) is 11.8 Å². The van der Waals surface area contributed by atoms with E-state index in [4.69, 9.17) is 0 Å². The van der Waals surface area contributed by atoms with Crippen LogP contribution in [-0.2, 0) is 0 Å². The van der Waals surface area contributed by atoms with Crippen molar-refractivity contribution in [3.8, 4) is 11.4 Å². The van der Waals surface area contributed by atoms with E-state index in [9.17, 15) is 0 Å². The molecule has 4 heterocycles. The van der Waals surface area contributed by atoms with Crippen LogP contribution in [0.25, 0.3) is 11.4 Å². The zero-order valence-electron chi connectivity index (χ0n) is 14.7. The third kappa shape index (κ3) is 3.77. The first kappa shape index (κ1) is 16.4. The van der Waals surface area contributed by atoms with Gasteiger partial charge in [0.05, 0.1) is 0 Å². The Morgan fingerprint density at radius 1 is 1.12 bits per heavy atom. The van der Waals surface area contributed by atoms with E-state index in [1.165, 1.54) is 0 Å². The summed E-state index contributed by atoms with van der Waals surface area (Å²) in [5.41, 5.74) is 1.85. The zero-order chi connectivity index (χ0) is 17.8. The van der Waals surface area contributed by atoms with Crippen LogP contribution < -0.4 is 10.2 Å². The molecule has 1 saturated heterocycles. The fourth-order valence-electron chi connectivity index (χ4n) is 3.21. The molecular weight excluding hydrogens is 326 g/mol. The fraction of sp³-hybridized carbons (Fsp3) is 0.316. The minimum Gasteiger partial charge on any atom is -0.365 e. The molecule has 0 aromatic carbocycles. The van der Waals surface area contributed by atoms with E-state index in [1.54, 1.807) is 24.8 Å². The van der Waals surface area contributed by atoms with Crippen molar-refractivity contribution in [3.05, 3.63) is 54.7 Å².